The summed E-state index contributed by atoms with van der Waals surface area (Å²) in [6.45, 7) is 0.379. The third kappa shape index (κ3) is 2.16. The summed E-state index contributed by atoms with van der Waals surface area (Å²) in [7, 11) is 3.13. The van der Waals surface area contributed by atoms with E-state index in [0.29, 0.717) is 18.0 Å². The minimum Gasteiger partial charge on any atom is -0.493 e. The first kappa shape index (κ1) is 10.4. The summed E-state index contributed by atoms with van der Waals surface area (Å²) in [4.78, 5) is 10.0. The molecule has 0 aromatic heterocycles. The van der Waals surface area contributed by atoms with Crippen LogP contribution in [0.2, 0.25) is 0 Å². The zero-order valence-corrected chi connectivity index (χ0v) is 8.16. The predicted molar refractivity (Wildman–Crippen MR) is 52.1 cm³/mol. The smallest absolute Gasteiger partial charge is 0.309 e. The normalized spacial score (nSPS) is 9.29. The van der Waals surface area contributed by atoms with Crippen LogP contribution in [-0.2, 0) is 11.3 Å². The standard InChI is InChI=1S/C10H12NO3/c1-13-9-5-3-4-8(6-11-7-12)10(9)14-2/h3-5H,6H2,1-2H3,(H,11,12). The lowest BCUT2D eigenvalue weighted by Gasteiger charge is -2.11. The lowest BCUT2D eigenvalue weighted by molar-refractivity contribution is 0.351. The number of hydrogen-bond donors (Lipinski definition) is 1. The van der Waals surface area contributed by atoms with Crippen LogP contribution >= 0.6 is 0 Å². The molecule has 1 radical (unpaired) electrons. The van der Waals surface area contributed by atoms with Crippen molar-refractivity contribution in [2.75, 3.05) is 14.2 Å². The van der Waals surface area contributed by atoms with Gasteiger partial charge in [-0.05, 0) is 6.07 Å². The predicted octanol–water partition coefficient (Wildman–Crippen LogP) is 0.861. The van der Waals surface area contributed by atoms with Gasteiger partial charge in [-0.2, -0.15) is 0 Å². The first-order valence-corrected chi connectivity index (χ1v) is 4.13. The van der Waals surface area contributed by atoms with Gasteiger partial charge in [-0.3, -0.25) is 4.79 Å². The van der Waals surface area contributed by atoms with Gasteiger partial charge in [-0.15, -0.1) is 0 Å². The van der Waals surface area contributed by atoms with E-state index in [1.165, 1.54) is 0 Å². The maximum absolute atomic E-state index is 10.0. The van der Waals surface area contributed by atoms with Gasteiger partial charge in [0.05, 0.1) is 14.2 Å². The number of methoxy groups -OCH3 is 2. The summed E-state index contributed by atoms with van der Waals surface area (Å²) in [5, 5.41) is 2.45. The number of para-hydroxylation sites is 1. The number of ether oxygens (including phenoxy) is 2. The largest absolute Gasteiger partial charge is 0.493 e. The van der Waals surface area contributed by atoms with E-state index in [9.17, 15) is 4.79 Å². The topological polar surface area (TPSA) is 47.6 Å². The van der Waals surface area contributed by atoms with E-state index >= 15 is 0 Å². The number of nitrogens with one attached hydrogen (secondary N) is 1. The number of benzene rings is 1. The highest BCUT2D eigenvalue weighted by Gasteiger charge is 2.08. The molecule has 0 heterocycles. The summed E-state index contributed by atoms with van der Waals surface area (Å²) < 4.78 is 10.3. The van der Waals surface area contributed by atoms with E-state index in [1.807, 2.05) is 12.1 Å². The molecule has 0 spiro atoms. The molecule has 0 aliphatic rings. The van der Waals surface area contributed by atoms with Crippen molar-refractivity contribution in [1.82, 2.24) is 5.32 Å². The third-order valence-electron chi connectivity index (χ3n) is 1.84. The van der Waals surface area contributed by atoms with Gasteiger partial charge in [-0.25, -0.2) is 0 Å². The number of hydrogen-bond acceptors (Lipinski definition) is 3. The van der Waals surface area contributed by atoms with Crippen LogP contribution in [0.4, 0.5) is 0 Å². The molecule has 1 aromatic rings. The molecule has 1 aromatic carbocycles. The molecule has 0 saturated heterocycles. The molecule has 14 heavy (non-hydrogen) atoms. The van der Waals surface area contributed by atoms with E-state index in [1.54, 1.807) is 26.7 Å². The molecule has 1 rings (SSSR count). The second-order valence-electron chi connectivity index (χ2n) is 2.61. The average molecular weight is 194 g/mol. The summed E-state index contributed by atoms with van der Waals surface area (Å²) >= 11 is 0. The fraction of sp³-hybridized carbons (Fsp3) is 0.300. The molecule has 0 atom stereocenters. The molecule has 4 nitrogen and oxygen atoms in total. The maximum Gasteiger partial charge on any atom is 0.309 e. The molecule has 0 aliphatic carbocycles. The Morgan fingerprint density at radius 1 is 1.36 bits per heavy atom. The first-order chi connectivity index (χ1) is 6.83. The fourth-order valence-electron chi connectivity index (χ4n) is 1.22. The van der Waals surface area contributed by atoms with Gasteiger partial charge in [-0.1, -0.05) is 12.1 Å². The molecule has 0 aliphatic heterocycles. The Kier molecular flexibility index (Phi) is 3.79. The highest BCUT2D eigenvalue weighted by Crippen LogP contribution is 2.30. The van der Waals surface area contributed by atoms with Crippen LogP contribution < -0.4 is 14.8 Å². The molecule has 0 unspecified atom stereocenters. The second-order valence-corrected chi connectivity index (χ2v) is 2.61. The van der Waals surface area contributed by atoms with E-state index in [0.717, 1.165) is 5.56 Å². The van der Waals surface area contributed by atoms with E-state index in [2.05, 4.69) is 5.32 Å². The Balaban J connectivity index is 2.95. The Bertz CT molecular complexity index is 312. The van der Waals surface area contributed by atoms with Gasteiger partial charge < -0.3 is 14.8 Å². The fourth-order valence-corrected chi connectivity index (χ4v) is 1.22. The Hall–Kier alpha value is -1.71. The van der Waals surface area contributed by atoms with Crippen LogP contribution in [0, 0.1) is 0 Å². The van der Waals surface area contributed by atoms with E-state index < -0.39 is 0 Å². The molecule has 75 valence electrons. The molecule has 0 bridgehead atoms. The van der Waals surface area contributed by atoms with Gasteiger partial charge in [0.2, 0.25) is 0 Å². The SMILES string of the molecule is COc1cccc(CN[C]=O)c1OC. The monoisotopic (exact) mass is 194 g/mol. The zero-order chi connectivity index (χ0) is 10.4. The van der Waals surface area contributed by atoms with Crippen molar-refractivity contribution in [1.29, 1.82) is 0 Å². The highest BCUT2D eigenvalue weighted by atomic mass is 16.5. The quantitative estimate of drug-likeness (QED) is 0.707. The molecule has 1 amide bonds. The maximum atomic E-state index is 10.0. The van der Waals surface area contributed by atoms with Crippen molar-refractivity contribution in [3.63, 3.8) is 0 Å². The van der Waals surface area contributed by atoms with Crippen molar-refractivity contribution in [3.8, 4) is 11.5 Å². The van der Waals surface area contributed by atoms with Crippen LogP contribution in [0.25, 0.3) is 0 Å². The van der Waals surface area contributed by atoms with E-state index in [-0.39, 0.29) is 0 Å². The van der Waals surface area contributed by atoms with Gasteiger partial charge >= 0.3 is 6.41 Å². The second kappa shape index (κ2) is 5.11. The Morgan fingerprint density at radius 2 is 2.14 bits per heavy atom. The molecule has 4 heteroatoms. The number of carbonyl (C=O) groups excluding carboxylic acids is 1. The minimum absolute atomic E-state index is 0.379. The van der Waals surface area contributed by atoms with Crippen LogP contribution in [0.5, 0.6) is 11.5 Å². The van der Waals surface area contributed by atoms with Crippen LogP contribution in [-0.4, -0.2) is 20.6 Å². The van der Waals surface area contributed by atoms with Crippen molar-refractivity contribution >= 4 is 6.41 Å². The molecule has 0 fully saturated rings. The molecule has 0 saturated carbocycles. The number of amides is 1. The van der Waals surface area contributed by atoms with Crippen LogP contribution in [0.15, 0.2) is 18.2 Å². The lowest BCUT2D eigenvalue weighted by atomic mass is 10.2. The van der Waals surface area contributed by atoms with Crippen LogP contribution in [0.1, 0.15) is 5.56 Å². The Morgan fingerprint density at radius 3 is 2.71 bits per heavy atom. The van der Waals surface area contributed by atoms with Crippen molar-refractivity contribution in [3.05, 3.63) is 23.8 Å². The van der Waals surface area contributed by atoms with Crippen molar-refractivity contribution < 1.29 is 14.3 Å². The molecular formula is C10H12NO3. The zero-order valence-electron chi connectivity index (χ0n) is 8.16. The summed E-state index contributed by atoms with van der Waals surface area (Å²) in [5.41, 5.74) is 0.857. The lowest BCUT2D eigenvalue weighted by Crippen LogP contribution is -2.10. The minimum atomic E-state index is 0.379. The molecular weight excluding hydrogens is 182 g/mol. The van der Waals surface area contributed by atoms with Gasteiger partial charge in [0.15, 0.2) is 11.5 Å². The highest BCUT2D eigenvalue weighted by molar-refractivity contribution is 5.51. The third-order valence-corrected chi connectivity index (χ3v) is 1.84. The van der Waals surface area contributed by atoms with E-state index in [4.69, 9.17) is 9.47 Å². The number of rotatable bonds is 5. The average Bonchev–Trinajstić information content (AvgIpc) is 2.25. The first-order valence-electron chi connectivity index (χ1n) is 4.13. The van der Waals surface area contributed by atoms with Gasteiger partial charge in [0, 0.05) is 12.1 Å². The van der Waals surface area contributed by atoms with Gasteiger partial charge in [0.1, 0.15) is 0 Å². The Labute approximate surface area is 82.8 Å². The van der Waals surface area contributed by atoms with Crippen LogP contribution in [0.3, 0.4) is 0 Å². The van der Waals surface area contributed by atoms with Gasteiger partial charge in [0.25, 0.3) is 0 Å². The van der Waals surface area contributed by atoms with Crippen molar-refractivity contribution in [2.24, 2.45) is 0 Å². The molecule has 1 N–H and O–H groups in total. The summed E-state index contributed by atoms with van der Waals surface area (Å²) in [5.74, 6) is 1.29. The van der Waals surface area contributed by atoms with Crippen molar-refractivity contribution in [2.45, 2.75) is 6.54 Å². The summed E-state index contributed by atoms with van der Waals surface area (Å²) in [6, 6.07) is 5.49. The summed E-state index contributed by atoms with van der Waals surface area (Å²) in [6.07, 6.45) is 1.61.